The molecule has 9 heteroatoms. The van der Waals surface area contributed by atoms with E-state index in [-0.39, 0.29) is 23.0 Å². The molecule has 2 atom stereocenters. The van der Waals surface area contributed by atoms with Crippen molar-refractivity contribution in [2.75, 3.05) is 24.6 Å². The number of phenols is 1. The number of benzene rings is 2. The molecule has 8 nitrogen and oxygen atoms in total. The van der Waals surface area contributed by atoms with Gasteiger partial charge in [0.1, 0.15) is 22.8 Å². The summed E-state index contributed by atoms with van der Waals surface area (Å²) in [4.78, 5) is 20.6. The first-order valence-corrected chi connectivity index (χ1v) is 13.7. The van der Waals surface area contributed by atoms with Crippen LogP contribution in [0.25, 0.3) is 32.9 Å². The number of anilines is 1. The second kappa shape index (κ2) is 9.98. The minimum absolute atomic E-state index is 0.0449. The van der Waals surface area contributed by atoms with Gasteiger partial charge in [-0.1, -0.05) is 30.3 Å². The Labute approximate surface area is 230 Å². The average Bonchev–Trinajstić information content (AvgIpc) is 3.30. The summed E-state index contributed by atoms with van der Waals surface area (Å²) in [5.41, 5.74) is 2.63. The molecule has 7 rings (SSSR count). The first kappa shape index (κ1) is 24.7. The Kier molecular flexibility index (Phi) is 6.15. The fourth-order valence-corrected chi connectivity index (χ4v) is 5.96. The second-order valence-corrected chi connectivity index (χ2v) is 10.6. The van der Waals surface area contributed by atoms with Crippen LogP contribution in [0.15, 0.2) is 60.8 Å². The molecule has 40 heavy (non-hydrogen) atoms. The van der Waals surface area contributed by atoms with E-state index in [1.54, 1.807) is 18.3 Å². The van der Waals surface area contributed by atoms with Crippen molar-refractivity contribution in [1.29, 1.82) is 0 Å². The number of nitrogens with one attached hydrogen (secondary N) is 1. The number of pyridine rings is 2. The van der Waals surface area contributed by atoms with Crippen molar-refractivity contribution >= 4 is 27.5 Å². The molecule has 3 aromatic heterocycles. The van der Waals surface area contributed by atoms with Crippen molar-refractivity contribution < 1.29 is 14.2 Å². The van der Waals surface area contributed by atoms with Crippen molar-refractivity contribution in [3.05, 3.63) is 78.0 Å². The molecule has 0 amide bonds. The highest BCUT2D eigenvalue weighted by Crippen LogP contribution is 2.37. The number of aromatic hydroxyl groups is 1. The van der Waals surface area contributed by atoms with Gasteiger partial charge in [0.25, 0.3) is 0 Å². The molecule has 2 aliphatic rings. The third-order valence-corrected chi connectivity index (χ3v) is 7.80. The van der Waals surface area contributed by atoms with E-state index < -0.39 is 5.82 Å². The van der Waals surface area contributed by atoms with Crippen LogP contribution in [-0.2, 0) is 6.42 Å². The zero-order chi connectivity index (χ0) is 27.2. The van der Waals surface area contributed by atoms with Crippen LogP contribution in [-0.4, -0.2) is 56.8 Å². The van der Waals surface area contributed by atoms with E-state index in [1.807, 2.05) is 49.4 Å². The van der Waals surface area contributed by atoms with E-state index in [0.717, 1.165) is 48.1 Å². The molecule has 2 aliphatic heterocycles. The van der Waals surface area contributed by atoms with Crippen molar-refractivity contribution in [2.24, 2.45) is 0 Å². The Morgan fingerprint density at radius 2 is 1.82 bits per heavy atom. The van der Waals surface area contributed by atoms with Gasteiger partial charge in [0.15, 0.2) is 5.82 Å². The van der Waals surface area contributed by atoms with E-state index >= 15 is 4.39 Å². The maximum Gasteiger partial charge on any atom is 0.319 e. The number of piperazine rings is 1. The molecular formula is C31H29FN6O2. The van der Waals surface area contributed by atoms with Gasteiger partial charge in [0.2, 0.25) is 0 Å². The number of rotatable bonds is 6. The molecule has 0 radical (unpaired) electrons. The van der Waals surface area contributed by atoms with Crippen LogP contribution < -0.4 is 15.0 Å². The van der Waals surface area contributed by atoms with E-state index in [4.69, 9.17) is 9.72 Å². The predicted molar refractivity (Wildman–Crippen MR) is 152 cm³/mol. The van der Waals surface area contributed by atoms with Crippen molar-refractivity contribution in [3.8, 4) is 23.0 Å². The maximum absolute atomic E-state index is 16.4. The van der Waals surface area contributed by atoms with E-state index in [9.17, 15) is 5.11 Å². The number of aryl methyl sites for hydroxylation is 1. The highest BCUT2D eigenvalue weighted by atomic mass is 19.1. The summed E-state index contributed by atoms with van der Waals surface area (Å²) in [6.45, 7) is 3.81. The van der Waals surface area contributed by atoms with Crippen molar-refractivity contribution in [1.82, 2.24) is 25.3 Å². The van der Waals surface area contributed by atoms with Gasteiger partial charge in [-0.05, 0) is 54.8 Å². The Bertz CT molecular complexity index is 1730. The lowest BCUT2D eigenvalue weighted by atomic mass is 10.0. The van der Waals surface area contributed by atoms with Gasteiger partial charge in [0, 0.05) is 54.7 Å². The number of phenolic OH excluding ortho intramolecular Hbond substituents is 1. The van der Waals surface area contributed by atoms with Gasteiger partial charge in [-0.15, -0.1) is 0 Å². The largest absolute Gasteiger partial charge is 0.508 e. The monoisotopic (exact) mass is 536 g/mol. The third kappa shape index (κ3) is 4.56. The second-order valence-electron chi connectivity index (χ2n) is 10.6. The van der Waals surface area contributed by atoms with Crippen LogP contribution in [0.1, 0.15) is 24.2 Å². The highest BCUT2D eigenvalue weighted by molar-refractivity contribution is 5.99. The summed E-state index contributed by atoms with van der Waals surface area (Å²) in [5.74, 6) is 0.106. The van der Waals surface area contributed by atoms with Gasteiger partial charge < -0.3 is 20.1 Å². The molecular weight excluding hydrogens is 507 g/mol. The topological polar surface area (TPSA) is 96.3 Å². The number of hydrogen-bond acceptors (Lipinski definition) is 8. The molecule has 2 bridgehead atoms. The minimum atomic E-state index is -0.569. The van der Waals surface area contributed by atoms with Crippen LogP contribution in [0.5, 0.6) is 11.8 Å². The smallest absolute Gasteiger partial charge is 0.319 e. The molecule has 2 aromatic carbocycles. The fourth-order valence-electron chi connectivity index (χ4n) is 5.96. The lowest BCUT2D eigenvalue weighted by Gasteiger charge is -2.34. The SMILES string of the molecule is Cc1cccc(CCOc2nc(N3C[C@H]4CC[C@@H](C3)N4)c3cnc(-c4cc(O)cc5ccccc45)c(F)c3n2)n1. The summed E-state index contributed by atoms with van der Waals surface area (Å²) < 4.78 is 22.4. The lowest BCUT2D eigenvalue weighted by molar-refractivity contribution is 0.296. The van der Waals surface area contributed by atoms with Crippen LogP contribution in [0.2, 0.25) is 0 Å². The number of halogens is 1. The van der Waals surface area contributed by atoms with Gasteiger partial charge in [-0.3, -0.25) is 9.97 Å². The Morgan fingerprint density at radius 3 is 2.65 bits per heavy atom. The fraction of sp³-hybridized carbons (Fsp3) is 0.290. The van der Waals surface area contributed by atoms with E-state index in [0.29, 0.717) is 41.9 Å². The predicted octanol–water partition coefficient (Wildman–Crippen LogP) is 4.96. The summed E-state index contributed by atoms with van der Waals surface area (Å²) in [7, 11) is 0. The molecule has 5 heterocycles. The average molecular weight is 537 g/mol. The molecule has 2 N–H and O–H groups in total. The van der Waals surface area contributed by atoms with E-state index in [1.165, 1.54) is 0 Å². The Hall–Kier alpha value is -4.37. The zero-order valence-corrected chi connectivity index (χ0v) is 22.1. The molecule has 2 fully saturated rings. The van der Waals surface area contributed by atoms with Gasteiger partial charge in [-0.25, -0.2) is 4.39 Å². The summed E-state index contributed by atoms with van der Waals surface area (Å²) in [5, 5.41) is 16.2. The van der Waals surface area contributed by atoms with Gasteiger partial charge in [0.05, 0.1) is 12.0 Å². The lowest BCUT2D eigenvalue weighted by Crippen LogP contribution is -2.51. The summed E-state index contributed by atoms with van der Waals surface area (Å²) >= 11 is 0. The van der Waals surface area contributed by atoms with Gasteiger partial charge in [-0.2, -0.15) is 9.97 Å². The Morgan fingerprint density at radius 1 is 1.00 bits per heavy atom. The van der Waals surface area contributed by atoms with Crippen LogP contribution in [0.3, 0.4) is 0 Å². The van der Waals surface area contributed by atoms with Crippen molar-refractivity contribution in [2.45, 2.75) is 38.3 Å². The minimum Gasteiger partial charge on any atom is -0.508 e. The van der Waals surface area contributed by atoms with Crippen molar-refractivity contribution in [3.63, 3.8) is 0 Å². The summed E-state index contributed by atoms with van der Waals surface area (Å²) in [6.07, 6.45) is 4.44. The summed E-state index contributed by atoms with van der Waals surface area (Å²) in [6, 6.07) is 17.5. The van der Waals surface area contributed by atoms with Gasteiger partial charge >= 0.3 is 6.01 Å². The molecule has 2 saturated heterocycles. The highest BCUT2D eigenvalue weighted by Gasteiger charge is 2.34. The third-order valence-electron chi connectivity index (χ3n) is 7.80. The Balaban J connectivity index is 1.32. The number of hydrogen-bond donors (Lipinski definition) is 2. The quantitative estimate of drug-likeness (QED) is 0.315. The molecule has 5 aromatic rings. The first-order chi connectivity index (χ1) is 19.5. The number of nitrogens with zero attached hydrogens (tertiary/aromatic N) is 5. The van der Waals surface area contributed by atoms with Crippen LogP contribution in [0.4, 0.5) is 10.2 Å². The number of ether oxygens (including phenoxy) is 1. The van der Waals surface area contributed by atoms with Crippen LogP contribution >= 0.6 is 0 Å². The normalized spacial score (nSPS) is 18.5. The molecule has 0 spiro atoms. The van der Waals surface area contributed by atoms with E-state index in [2.05, 4.69) is 25.2 Å². The molecule has 0 saturated carbocycles. The number of fused-ring (bicyclic) bond motifs is 4. The molecule has 0 unspecified atom stereocenters. The maximum atomic E-state index is 16.4. The standard InChI is InChI=1S/C31H29FN6O2/c1-18-5-4-7-20(34-18)11-12-40-31-36-29-26(30(37-31)38-16-21-9-10-22(17-38)35-21)15-33-28(27(29)32)25-14-23(39)13-19-6-2-3-8-24(19)25/h2-8,13-15,21-22,35,39H,9-12,16-17H2,1H3/t21-,22+. The molecule has 202 valence electrons. The molecule has 0 aliphatic carbocycles. The number of aromatic nitrogens is 4. The zero-order valence-electron chi connectivity index (χ0n) is 22.1. The first-order valence-electron chi connectivity index (χ1n) is 13.7. The van der Waals surface area contributed by atoms with Crippen LogP contribution in [0, 0.1) is 12.7 Å².